The molecule has 0 spiro atoms. The van der Waals surface area contributed by atoms with E-state index in [0.29, 0.717) is 11.5 Å². The van der Waals surface area contributed by atoms with Gasteiger partial charge in [-0.3, -0.25) is 9.59 Å². The first-order valence-corrected chi connectivity index (χ1v) is 18.3. The maximum absolute atomic E-state index is 12.8. The Hall–Kier alpha value is -5.23. The summed E-state index contributed by atoms with van der Waals surface area (Å²) in [7, 11) is 0. The molecule has 0 fully saturated rings. The minimum Gasteiger partial charge on any atom is -0.507 e. The summed E-state index contributed by atoms with van der Waals surface area (Å²) < 4.78 is 11.6. The van der Waals surface area contributed by atoms with Crippen molar-refractivity contribution in [3.05, 3.63) is 139 Å². The topological polar surface area (TPSA) is 89.9 Å². The number of ketones is 2. The lowest BCUT2D eigenvalue weighted by molar-refractivity contribution is -0.171. The number of carbonyl (C=O) groups excluding carboxylic acids is 3. The van der Waals surface area contributed by atoms with Gasteiger partial charge < -0.3 is 14.6 Å². The Morgan fingerprint density at radius 1 is 0.500 bits per heavy atom. The van der Waals surface area contributed by atoms with Crippen LogP contribution in [0.2, 0.25) is 0 Å². The van der Waals surface area contributed by atoms with Gasteiger partial charge in [-0.15, -0.1) is 0 Å². The Morgan fingerprint density at radius 3 is 1.22 bits per heavy atom. The summed E-state index contributed by atoms with van der Waals surface area (Å²) in [5.74, 6) is 0.529. The van der Waals surface area contributed by atoms with Crippen molar-refractivity contribution in [2.24, 2.45) is 0 Å². The molecule has 0 bridgehead atoms. The van der Waals surface area contributed by atoms with E-state index < -0.39 is 17.2 Å². The fourth-order valence-electron chi connectivity index (χ4n) is 6.00. The molecule has 4 aromatic rings. The van der Waals surface area contributed by atoms with Gasteiger partial charge in [0.05, 0.1) is 0 Å². The average Bonchev–Trinajstić information content (AvgIpc) is 3.05. The first-order chi connectivity index (χ1) is 24.9. The van der Waals surface area contributed by atoms with Crippen LogP contribution in [0, 0.1) is 69.2 Å². The zero-order valence-corrected chi connectivity index (χ0v) is 34.9. The Balaban J connectivity index is 0.000000311. The van der Waals surface area contributed by atoms with Crippen LogP contribution in [0.1, 0.15) is 122 Å². The van der Waals surface area contributed by atoms with E-state index in [2.05, 4.69) is 6.92 Å². The lowest BCUT2D eigenvalue weighted by atomic mass is 9.97. The first kappa shape index (κ1) is 43.2. The van der Waals surface area contributed by atoms with Gasteiger partial charge in [-0.2, -0.15) is 0 Å². The van der Waals surface area contributed by atoms with Crippen LogP contribution in [0.15, 0.2) is 60.7 Å². The maximum Gasteiger partial charge on any atom is 0.350 e. The fraction of sp³-hybridized carbons (Fsp3) is 0.354. The van der Waals surface area contributed by atoms with E-state index in [0.717, 1.165) is 66.8 Å². The van der Waals surface area contributed by atoms with Crippen LogP contribution in [0.5, 0.6) is 11.5 Å². The molecule has 4 aromatic carbocycles. The predicted octanol–water partition coefficient (Wildman–Crippen LogP) is 11.5. The van der Waals surface area contributed by atoms with E-state index in [1.54, 1.807) is 32.1 Å². The monoisotopic (exact) mass is 730 g/mol. The van der Waals surface area contributed by atoms with Crippen LogP contribution < -0.4 is 4.74 Å². The van der Waals surface area contributed by atoms with Crippen LogP contribution in [0.3, 0.4) is 0 Å². The lowest BCUT2D eigenvalue weighted by Crippen LogP contribution is -2.43. The summed E-state index contributed by atoms with van der Waals surface area (Å²) in [5, 5.41) is 9.79. The zero-order valence-electron chi connectivity index (χ0n) is 34.9. The van der Waals surface area contributed by atoms with E-state index in [4.69, 9.17) is 9.47 Å². The van der Waals surface area contributed by atoms with Crippen LogP contribution in [0.4, 0.5) is 0 Å². The van der Waals surface area contributed by atoms with Gasteiger partial charge >= 0.3 is 5.97 Å². The number of allylic oxidation sites excluding steroid dienone is 2. The Labute approximate surface area is 322 Å². The molecule has 0 amide bonds. The number of hydrogen-bond acceptors (Lipinski definition) is 6. The SMILES string of the molecule is Cc1cc(C)c(C(=O)/C=C/c2cc(C)c(O)c(C)c2)cc1C.Cc1cc(C)c(C(=O)/C=C/c2cc(C)c(OC(C)(C)C(=O)OC(C)(C)C)c(C)c2)cc1C. The first-order valence-electron chi connectivity index (χ1n) is 18.3. The normalized spacial score (nSPS) is 11.8. The smallest absolute Gasteiger partial charge is 0.350 e. The summed E-state index contributed by atoms with van der Waals surface area (Å²) in [4.78, 5) is 37.7. The number of rotatable bonds is 9. The van der Waals surface area contributed by atoms with Crippen LogP contribution in [-0.2, 0) is 9.53 Å². The van der Waals surface area contributed by atoms with E-state index in [1.807, 2.05) is 138 Å². The molecular weight excluding hydrogens is 673 g/mol. The molecule has 286 valence electrons. The van der Waals surface area contributed by atoms with Crippen LogP contribution in [0.25, 0.3) is 12.2 Å². The number of phenols is 1. The molecule has 0 radical (unpaired) electrons. The highest BCUT2D eigenvalue weighted by atomic mass is 16.6. The zero-order chi connectivity index (χ0) is 40.9. The number of esters is 1. The minimum atomic E-state index is -1.13. The van der Waals surface area contributed by atoms with Gasteiger partial charge in [0.1, 0.15) is 17.1 Å². The van der Waals surface area contributed by atoms with Crippen molar-refractivity contribution in [3.8, 4) is 11.5 Å². The highest BCUT2D eigenvalue weighted by molar-refractivity contribution is 6.08. The molecule has 0 unspecified atom stereocenters. The van der Waals surface area contributed by atoms with Crippen LogP contribution in [-0.4, -0.2) is 33.8 Å². The molecule has 0 aliphatic carbocycles. The number of aromatic hydroxyl groups is 1. The molecule has 6 nitrogen and oxygen atoms in total. The molecule has 0 aliphatic heterocycles. The van der Waals surface area contributed by atoms with Gasteiger partial charge in [0.2, 0.25) is 0 Å². The second-order valence-corrected chi connectivity index (χ2v) is 16.0. The lowest BCUT2D eigenvalue weighted by Gasteiger charge is -2.30. The third kappa shape index (κ3) is 11.4. The van der Waals surface area contributed by atoms with Crippen molar-refractivity contribution < 1.29 is 29.0 Å². The van der Waals surface area contributed by atoms with E-state index in [9.17, 15) is 19.5 Å². The van der Waals surface area contributed by atoms with E-state index in [-0.39, 0.29) is 11.6 Å². The second-order valence-electron chi connectivity index (χ2n) is 16.0. The number of carbonyl (C=O) groups is 3. The predicted molar refractivity (Wildman–Crippen MR) is 222 cm³/mol. The van der Waals surface area contributed by atoms with Gasteiger partial charge in [-0.25, -0.2) is 4.79 Å². The number of hydrogen-bond donors (Lipinski definition) is 1. The number of benzene rings is 4. The highest BCUT2D eigenvalue weighted by Crippen LogP contribution is 2.31. The minimum absolute atomic E-state index is 0.00369. The molecule has 6 heteroatoms. The number of ether oxygens (including phenoxy) is 2. The number of aryl methyl sites for hydroxylation is 10. The largest absolute Gasteiger partial charge is 0.507 e. The molecule has 0 aliphatic rings. The molecular formula is C48H58O6. The molecule has 0 atom stereocenters. The Bertz CT molecular complexity index is 2090. The molecule has 0 aromatic heterocycles. The Kier molecular flexibility index (Phi) is 13.8. The van der Waals surface area contributed by atoms with Gasteiger partial charge in [0.25, 0.3) is 0 Å². The third-order valence-corrected chi connectivity index (χ3v) is 9.31. The molecule has 4 rings (SSSR count). The fourth-order valence-corrected chi connectivity index (χ4v) is 6.00. The summed E-state index contributed by atoms with van der Waals surface area (Å²) in [6, 6.07) is 15.6. The van der Waals surface area contributed by atoms with E-state index in [1.165, 1.54) is 11.1 Å². The molecule has 54 heavy (non-hydrogen) atoms. The molecule has 0 heterocycles. The van der Waals surface area contributed by atoms with E-state index >= 15 is 0 Å². The number of phenolic OH excluding ortho intramolecular Hbond substituents is 1. The Morgan fingerprint density at radius 2 is 0.852 bits per heavy atom. The molecule has 0 saturated carbocycles. The van der Waals surface area contributed by atoms with Crippen molar-refractivity contribution in [1.82, 2.24) is 0 Å². The van der Waals surface area contributed by atoms with Gasteiger partial charge in [-0.1, -0.05) is 24.3 Å². The summed E-state index contributed by atoms with van der Waals surface area (Å²) in [6.45, 7) is 28.5. The summed E-state index contributed by atoms with van der Waals surface area (Å²) in [6.07, 6.45) is 6.83. The van der Waals surface area contributed by atoms with Gasteiger partial charge in [-0.05, 0) is 219 Å². The molecule has 0 saturated heterocycles. The summed E-state index contributed by atoms with van der Waals surface area (Å²) >= 11 is 0. The van der Waals surface area contributed by atoms with Gasteiger partial charge in [0, 0.05) is 11.1 Å². The van der Waals surface area contributed by atoms with Crippen molar-refractivity contribution >= 4 is 29.7 Å². The maximum atomic E-state index is 12.8. The van der Waals surface area contributed by atoms with Crippen molar-refractivity contribution in [1.29, 1.82) is 0 Å². The van der Waals surface area contributed by atoms with Crippen molar-refractivity contribution in [3.63, 3.8) is 0 Å². The van der Waals surface area contributed by atoms with Crippen molar-refractivity contribution in [2.75, 3.05) is 0 Å². The molecule has 1 N–H and O–H groups in total. The standard InChI is InChI=1S/C28H36O4.C20H22O2/c1-17-13-19(3)23(16-18(17)2)24(29)12-11-22-14-20(4)25(21(5)15-22)31-28(9,10)26(30)32-27(6,7)8;1-12-8-14(3)18(11-13(12)2)19(21)7-6-17-9-15(4)20(22)16(5)10-17/h11-16H,1-10H3;6-11,22H,1-5H3/b12-11+;7-6+. The van der Waals surface area contributed by atoms with Crippen LogP contribution >= 0.6 is 0 Å². The second kappa shape index (κ2) is 17.3. The quantitative estimate of drug-likeness (QED) is 0.105. The summed E-state index contributed by atoms with van der Waals surface area (Å²) in [5.41, 5.74) is 11.5. The average molecular weight is 731 g/mol. The third-order valence-electron chi connectivity index (χ3n) is 9.31. The highest BCUT2D eigenvalue weighted by Gasteiger charge is 2.35. The van der Waals surface area contributed by atoms with Crippen molar-refractivity contribution in [2.45, 2.75) is 115 Å². The van der Waals surface area contributed by atoms with Gasteiger partial charge in [0.15, 0.2) is 17.2 Å².